The monoisotopic (exact) mass is 183 g/mol. The molecule has 4 unspecified atom stereocenters. The average Bonchev–Trinajstić information content (AvgIpc) is 2.76. The second kappa shape index (κ2) is 3.58. The Hall–Kier alpha value is -0.0800. The lowest BCUT2D eigenvalue weighted by Crippen LogP contribution is -2.45. The van der Waals surface area contributed by atoms with Gasteiger partial charge in [-0.15, -0.1) is 0 Å². The lowest BCUT2D eigenvalue weighted by Gasteiger charge is -2.35. The largest absolute Gasteiger partial charge is 0.380 e. The first-order chi connectivity index (χ1) is 6.22. The summed E-state index contributed by atoms with van der Waals surface area (Å²) in [6, 6.07) is 1.47. The summed E-state index contributed by atoms with van der Waals surface area (Å²) < 4.78 is 5.39. The van der Waals surface area contributed by atoms with Gasteiger partial charge in [-0.05, 0) is 39.0 Å². The van der Waals surface area contributed by atoms with Crippen LogP contribution < -0.4 is 0 Å². The quantitative estimate of drug-likeness (QED) is 0.662. The molecule has 2 nitrogen and oxygen atoms in total. The zero-order valence-electron chi connectivity index (χ0n) is 8.99. The Labute approximate surface area is 81.3 Å². The Kier molecular flexibility index (Phi) is 2.61. The van der Waals surface area contributed by atoms with Gasteiger partial charge in [0.1, 0.15) is 0 Å². The van der Waals surface area contributed by atoms with Crippen LogP contribution >= 0.6 is 0 Å². The van der Waals surface area contributed by atoms with Crippen molar-refractivity contribution in [3.05, 3.63) is 0 Å². The van der Waals surface area contributed by atoms with Gasteiger partial charge in [-0.25, -0.2) is 0 Å². The van der Waals surface area contributed by atoms with Gasteiger partial charge in [0.2, 0.25) is 0 Å². The minimum Gasteiger partial charge on any atom is -0.380 e. The summed E-state index contributed by atoms with van der Waals surface area (Å²) in [5.74, 6) is 0.997. The van der Waals surface area contributed by atoms with Gasteiger partial charge >= 0.3 is 0 Å². The number of nitrogens with zero attached hydrogens (tertiary/aromatic N) is 1. The Morgan fingerprint density at radius 2 is 2.08 bits per heavy atom. The number of methoxy groups -OCH3 is 1. The van der Waals surface area contributed by atoms with Crippen molar-refractivity contribution in [1.82, 2.24) is 4.90 Å². The van der Waals surface area contributed by atoms with Crippen molar-refractivity contribution in [1.29, 1.82) is 0 Å². The minimum atomic E-state index is 0.374. The lowest BCUT2D eigenvalue weighted by molar-refractivity contribution is 0.0202. The number of ether oxygens (including phenoxy) is 1. The maximum absolute atomic E-state index is 5.39. The van der Waals surface area contributed by atoms with Crippen LogP contribution in [0, 0.1) is 5.92 Å². The topological polar surface area (TPSA) is 12.5 Å². The summed E-state index contributed by atoms with van der Waals surface area (Å²) in [6.45, 7) is 5.80. The van der Waals surface area contributed by atoms with E-state index in [1.807, 2.05) is 7.11 Å². The van der Waals surface area contributed by atoms with Crippen LogP contribution in [0.25, 0.3) is 0 Å². The number of hydrogen-bond donors (Lipinski definition) is 0. The third-order valence-electron chi connectivity index (χ3n) is 4.03. The summed E-state index contributed by atoms with van der Waals surface area (Å²) >= 11 is 0. The van der Waals surface area contributed by atoms with Crippen molar-refractivity contribution in [2.24, 2.45) is 5.92 Å². The van der Waals surface area contributed by atoms with E-state index in [9.17, 15) is 0 Å². The van der Waals surface area contributed by atoms with E-state index < -0.39 is 0 Å². The fraction of sp³-hybridized carbons (Fsp3) is 1.00. The molecule has 1 aliphatic heterocycles. The van der Waals surface area contributed by atoms with Crippen molar-refractivity contribution in [2.45, 2.75) is 51.3 Å². The van der Waals surface area contributed by atoms with Crippen molar-refractivity contribution < 1.29 is 4.74 Å². The van der Waals surface area contributed by atoms with E-state index in [2.05, 4.69) is 18.7 Å². The van der Waals surface area contributed by atoms with Gasteiger partial charge in [0.05, 0.1) is 6.10 Å². The standard InChI is InChI=1S/C11H21NO/c1-8(9(2)13-3)12-7-10-4-5-11(12)6-10/h8-11H,4-7H2,1-3H3. The highest BCUT2D eigenvalue weighted by Crippen LogP contribution is 2.38. The molecule has 2 fully saturated rings. The number of piperidine rings is 1. The molecule has 0 N–H and O–H groups in total. The van der Waals surface area contributed by atoms with Crippen LogP contribution in [0.5, 0.6) is 0 Å². The van der Waals surface area contributed by atoms with E-state index in [1.165, 1.54) is 25.8 Å². The fourth-order valence-electron chi connectivity index (χ4n) is 2.93. The summed E-state index contributed by atoms with van der Waals surface area (Å²) in [5.41, 5.74) is 0. The molecule has 1 heterocycles. The average molecular weight is 183 g/mol. The molecule has 1 saturated heterocycles. The summed E-state index contributed by atoms with van der Waals surface area (Å²) in [6.07, 6.45) is 4.71. The van der Waals surface area contributed by atoms with E-state index in [-0.39, 0.29) is 0 Å². The maximum Gasteiger partial charge on any atom is 0.0695 e. The van der Waals surface area contributed by atoms with Crippen LogP contribution in [-0.2, 0) is 4.74 Å². The van der Waals surface area contributed by atoms with Crippen LogP contribution in [0.4, 0.5) is 0 Å². The number of hydrogen-bond acceptors (Lipinski definition) is 2. The van der Waals surface area contributed by atoms with Crippen molar-refractivity contribution in [2.75, 3.05) is 13.7 Å². The van der Waals surface area contributed by atoms with Crippen LogP contribution in [0.2, 0.25) is 0 Å². The molecular weight excluding hydrogens is 162 g/mol. The first-order valence-corrected chi connectivity index (χ1v) is 5.51. The molecular formula is C11H21NO. The molecule has 2 bridgehead atoms. The highest BCUT2D eigenvalue weighted by molar-refractivity contribution is 4.95. The fourth-order valence-corrected chi connectivity index (χ4v) is 2.93. The Balaban J connectivity index is 1.94. The molecule has 0 aromatic carbocycles. The Morgan fingerprint density at radius 1 is 1.31 bits per heavy atom. The first-order valence-electron chi connectivity index (χ1n) is 5.51. The van der Waals surface area contributed by atoms with E-state index >= 15 is 0 Å². The van der Waals surface area contributed by atoms with Gasteiger partial charge in [0.15, 0.2) is 0 Å². The summed E-state index contributed by atoms with van der Waals surface area (Å²) in [7, 11) is 1.81. The smallest absolute Gasteiger partial charge is 0.0695 e. The minimum absolute atomic E-state index is 0.374. The summed E-state index contributed by atoms with van der Waals surface area (Å²) in [5, 5.41) is 0. The lowest BCUT2D eigenvalue weighted by atomic mass is 10.1. The Bertz CT molecular complexity index is 183. The Morgan fingerprint density at radius 3 is 2.54 bits per heavy atom. The van der Waals surface area contributed by atoms with Crippen molar-refractivity contribution in [3.63, 3.8) is 0 Å². The maximum atomic E-state index is 5.39. The molecule has 4 atom stereocenters. The SMILES string of the molecule is COC(C)C(C)N1CC2CCC1C2. The summed E-state index contributed by atoms with van der Waals surface area (Å²) in [4.78, 5) is 2.66. The molecule has 13 heavy (non-hydrogen) atoms. The molecule has 0 aromatic rings. The van der Waals surface area contributed by atoms with E-state index in [1.54, 1.807) is 0 Å². The predicted octanol–water partition coefficient (Wildman–Crippen LogP) is 1.89. The second-order valence-corrected chi connectivity index (χ2v) is 4.71. The van der Waals surface area contributed by atoms with Crippen LogP contribution in [0.3, 0.4) is 0 Å². The third kappa shape index (κ3) is 1.62. The molecule has 0 amide bonds. The molecule has 0 aromatic heterocycles. The molecule has 1 saturated carbocycles. The zero-order chi connectivity index (χ0) is 9.42. The molecule has 2 aliphatic rings. The number of fused-ring (bicyclic) bond motifs is 2. The first kappa shape index (κ1) is 9.47. The highest BCUT2D eigenvalue weighted by atomic mass is 16.5. The van der Waals surface area contributed by atoms with Gasteiger partial charge in [-0.1, -0.05) is 0 Å². The molecule has 76 valence electrons. The second-order valence-electron chi connectivity index (χ2n) is 4.71. The molecule has 0 radical (unpaired) electrons. The number of rotatable bonds is 3. The molecule has 1 aliphatic carbocycles. The van der Waals surface area contributed by atoms with Crippen molar-refractivity contribution in [3.8, 4) is 0 Å². The van der Waals surface area contributed by atoms with Crippen LogP contribution in [0.1, 0.15) is 33.1 Å². The van der Waals surface area contributed by atoms with Gasteiger partial charge in [-0.2, -0.15) is 0 Å². The molecule has 2 rings (SSSR count). The molecule has 0 spiro atoms. The van der Waals surface area contributed by atoms with E-state index in [4.69, 9.17) is 4.74 Å². The normalized spacial score (nSPS) is 38.1. The van der Waals surface area contributed by atoms with Gasteiger partial charge in [0.25, 0.3) is 0 Å². The molecule has 2 heteroatoms. The van der Waals surface area contributed by atoms with Gasteiger partial charge < -0.3 is 4.74 Å². The highest BCUT2D eigenvalue weighted by Gasteiger charge is 2.40. The number of likely N-dealkylation sites (tertiary alicyclic amines) is 1. The van der Waals surface area contributed by atoms with Crippen LogP contribution in [-0.4, -0.2) is 36.7 Å². The van der Waals surface area contributed by atoms with Gasteiger partial charge in [0, 0.05) is 25.7 Å². The van der Waals surface area contributed by atoms with Gasteiger partial charge in [-0.3, -0.25) is 4.90 Å². The predicted molar refractivity (Wildman–Crippen MR) is 53.8 cm³/mol. The zero-order valence-corrected chi connectivity index (χ0v) is 8.99. The van der Waals surface area contributed by atoms with E-state index in [0.717, 1.165) is 12.0 Å². The van der Waals surface area contributed by atoms with Crippen molar-refractivity contribution >= 4 is 0 Å². The van der Waals surface area contributed by atoms with Crippen LogP contribution in [0.15, 0.2) is 0 Å². The third-order valence-corrected chi connectivity index (χ3v) is 4.03. The van der Waals surface area contributed by atoms with E-state index in [0.29, 0.717) is 12.1 Å².